The van der Waals surface area contributed by atoms with E-state index in [9.17, 15) is 0 Å². The lowest BCUT2D eigenvalue weighted by Gasteiger charge is -2.40. The Hall–Kier alpha value is 0.440. The summed E-state index contributed by atoms with van der Waals surface area (Å²) < 4.78 is 0. The molecule has 0 saturated heterocycles. The number of rotatable bonds is 5. The Morgan fingerprint density at radius 2 is 1.76 bits per heavy atom. The molecule has 1 rings (SSSR count). The van der Waals surface area contributed by atoms with E-state index in [4.69, 9.17) is 0 Å². The van der Waals surface area contributed by atoms with E-state index in [-0.39, 0.29) is 0 Å². The fraction of sp³-hybridized carbons (Fsp3) is 1.00. The molecule has 0 aliphatic heterocycles. The summed E-state index contributed by atoms with van der Waals surface area (Å²) in [5.41, 5.74) is 0.588. The van der Waals surface area contributed by atoms with E-state index in [2.05, 4.69) is 55.6 Å². The van der Waals surface area contributed by atoms with Gasteiger partial charge in [-0.3, -0.25) is 0 Å². The van der Waals surface area contributed by atoms with E-state index in [1.165, 1.54) is 32.2 Å². The van der Waals surface area contributed by atoms with Crippen LogP contribution in [0.3, 0.4) is 0 Å². The van der Waals surface area contributed by atoms with Gasteiger partial charge in [-0.15, -0.1) is 0 Å². The standard InChI is InChI=1S/C15H30BrN/c1-12(2)13(10-16)11-17(5)14-6-8-15(3,4)9-7-14/h12-14H,6-11H2,1-5H3. The van der Waals surface area contributed by atoms with Crippen molar-refractivity contribution in [2.75, 3.05) is 18.9 Å². The van der Waals surface area contributed by atoms with Crippen molar-refractivity contribution >= 4 is 15.9 Å². The van der Waals surface area contributed by atoms with Crippen LogP contribution in [0, 0.1) is 17.3 Å². The van der Waals surface area contributed by atoms with Gasteiger partial charge in [-0.25, -0.2) is 0 Å². The van der Waals surface area contributed by atoms with Gasteiger partial charge < -0.3 is 4.90 Å². The summed E-state index contributed by atoms with van der Waals surface area (Å²) in [7, 11) is 2.32. The number of hydrogen-bond donors (Lipinski definition) is 0. The monoisotopic (exact) mass is 303 g/mol. The van der Waals surface area contributed by atoms with Gasteiger partial charge in [-0.2, -0.15) is 0 Å². The van der Waals surface area contributed by atoms with Crippen molar-refractivity contribution in [3.8, 4) is 0 Å². The van der Waals surface area contributed by atoms with Gasteiger partial charge in [0.25, 0.3) is 0 Å². The molecule has 2 heteroatoms. The van der Waals surface area contributed by atoms with Crippen LogP contribution in [0.2, 0.25) is 0 Å². The molecule has 0 N–H and O–H groups in total. The van der Waals surface area contributed by atoms with Gasteiger partial charge in [0.05, 0.1) is 0 Å². The summed E-state index contributed by atoms with van der Waals surface area (Å²) in [6.45, 7) is 10.7. The van der Waals surface area contributed by atoms with Crippen LogP contribution in [-0.4, -0.2) is 29.9 Å². The van der Waals surface area contributed by atoms with E-state index < -0.39 is 0 Å². The first-order chi connectivity index (χ1) is 7.85. The molecule has 0 spiro atoms. The van der Waals surface area contributed by atoms with Crippen molar-refractivity contribution in [1.29, 1.82) is 0 Å². The van der Waals surface area contributed by atoms with Gasteiger partial charge in [0.2, 0.25) is 0 Å². The largest absolute Gasteiger partial charge is 0.303 e. The van der Waals surface area contributed by atoms with Gasteiger partial charge in [-0.05, 0) is 50.0 Å². The maximum atomic E-state index is 3.66. The van der Waals surface area contributed by atoms with Gasteiger partial charge in [0.15, 0.2) is 0 Å². The molecule has 0 aromatic carbocycles. The highest BCUT2D eigenvalue weighted by Crippen LogP contribution is 2.36. The lowest BCUT2D eigenvalue weighted by atomic mass is 9.75. The number of halogens is 1. The highest BCUT2D eigenvalue weighted by Gasteiger charge is 2.29. The van der Waals surface area contributed by atoms with Crippen molar-refractivity contribution in [2.45, 2.75) is 59.4 Å². The molecule has 0 amide bonds. The lowest BCUT2D eigenvalue weighted by molar-refractivity contribution is 0.111. The zero-order chi connectivity index (χ0) is 13.1. The van der Waals surface area contributed by atoms with Crippen molar-refractivity contribution in [3.63, 3.8) is 0 Å². The summed E-state index contributed by atoms with van der Waals surface area (Å²) >= 11 is 3.66. The molecule has 1 fully saturated rings. The zero-order valence-corrected chi connectivity index (χ0v) is 13.9. The van der Waals surface area contributed by atoms with Gasteiger partial charge >= 0.3 is 0 Å². The third kappa shape index (κ3) is 4.90. The van der Waals surface area contributed by atoms with E-state index >= 15 is 0 Å². The SMILES string of the molecule is CC(C)C(CBr)CN(C)C1CCC(C)(C)CC1. The highest BCUT2D eigenvalue weighted by molar-refractivity contribution is 9.09. The Labute approximate surface area is 116 Å². The van der Waals surface area contributed by atoms with Gasteiger partial charge in [-0.1, -0.05) is 43.6 Å². The quantitative estimate of drug-likeness (QED) is 0.673. The molecular formula is C15H30BrN. The molecule has 0 aromatic rings. The lowest BCUT2D eigenvalue weighted by Crippen LogP contribution is -2.40. The van der Waals surface area contributed by atoms with E-state index in [1.807, 2.05) is 0 Å². The van der Waals surface area contributed by atoms with Crippen molar-refractivity contribution in [1.82, 2.24) is 4.90 Å². The molecule has 0 radical (unpaired) electrons. The van der Waals surface area contributed by atoms with E-state index in [0.29, 0.717) is 5.41 Å². The predicted molar refractivity (Wildman–Crippen MR) is 80.8 cm³/mol. The summed E-state index contributed by atoms with van der Waals surface area (Å²) in [5, 5.41) is 1.13. The third-order valence-corrected chi connectivity index (χ3v) is 5.43. The first kappa shape index (κ1) is 15.5. The van der Waals surface area contributed by atoms with E-state index in [1.54, 1.807) is 0 Å². The Morgan fingerprint density at radius 3 is 2.18 bits per heavy atom. The Kier molecular flexibility index (Phi) is 5.98. The van der Waals surface area contributed by atoms with Crippen LogP contribution in [0.1, 0.15) is 53.4 Å². The molecule has 0 aromatic heterocycles. The molecule has 1 nitrogen and oxygen atoms in total. The second-order valence-corrected chi connectivity index (χ2v) is 7.64. The molecule has 1 unspecified atom stereocenters. The smallest absolute Gasteiger partial charge is 0.00927 e. The Balaban J connectivity index is 2.40. The van der Waals surface area contributed by atoms with Crippen LogP contribution >= 0.6 is 15.9 Å². The Morgan fingerprint density at radius 1 is 1.24 bits per heavy atom. The first-order valence-corrected chi connectivity index (χ1v) is 8.24. The fourth-order valence-electron chi connectivity index (χ4n) is 2.78. The van der Waals surface area contributed by atoms with Gasteiger partial charge in [0.1, 0.15) is 0 Å². The maximum Gasteiger partial charge on any atom is 0.00927 e. The van der Waals surface area contributed by atoms with Crippen LogP contribution < -0.4 is 0 Å². The molecule has 0 bridgehead atoms. The van der Waals surface area contributed by atoms with Crippen LogP contribution in [0.25, 0.3) is 0 Å². The second kappa shape index (κ2) is 6.56. The summed E-state index contributed by atoms with van der Waals surface area (Å²) in [5.74, 6) is 1.56. The molecule has 1 atom stereocenters. The molecular weight excluding hydrogens is 274 g/mol. The Bertz CT molecular complexity index is 215. The number of alkyl halides is 1. The predicted octanol–water partition coefficient (Wildman–Crippen LogP) is 4.55. The average Bonchev–Trinajstić information content (AvgIpc) is 2.25. The minimum atomic E-state index is 0.588. The molecule has 1 aliphatic carbocycles. The second-order valence-electron chi connectivity index (χ2n) is 6.99. The maximum absolute atomic E-state index is 3.66. The number of nitrogens with zero attached hydrogens (tertiary/aromatic N) is 1. The van der Waals surface area contributed by atoms with Crippen LogP contribution in [-0.2, 0) is 0 Å². The van der Waals surface area contributed by atoms with Crippen LogP contribution in [0.4, 0.5) is 0 Å². The summed E-state index contributed by atoms with van der Waals surface area (Å²) in [6.07, 6.45) is 5.55. The van der Waals surface area contributed by atoms with Crippen molar-refractivity contribution < 1.29 is 0 Å². The van der Waals surface area contributed by atoms with Crippen molar-refractivity contribution in [2.24, 2.45) is 17.3 Å². The molecule has 1 saturated carbocycles. The zero-order valence-electron chi connectivity index (χ0n) is 12.3. The minimum absolute atomic E-state index is 0.588. The van der Waals surface area contributed by atoms with Crippen LogP contribution in [0.15, 0.2) is 0 Å². The molecule has 0 heterocycles. The average molecular weight is 304 g/mol. The van der Waals surface area contributed by atoms with Crippen molar-refractivity contribution in [3.05, 3.63) is 0 Å². The third-order valence-electron chi connectivity index (χ3n) is 4.60. The topological polar surface area (TPSA) is 3.24 Å². The summed E-state index contributed by atoms with van der Waals surface area (Å²) in [4.78, 5) is 2.61. The minimum Gasteiger partial charge on any atom is -0.303 e. The summed E-state index contributed by atoms with van der Waals surface area (Å²) in [6, 6.07) is 0.823. The fourth-order valence-corrected chi connectivity index (χ4v) is 3.73. The molecule has 102 valence electrons. The molecule has 17 heavy (non-hydrogen) atoms. The molecule has 1 aliphatic rings. The number of hydrogen-bond acceptors (Lipinski definition) is 1. The first-order valence-electron chi connectivity index (χ1n) is 7.12. The van der Waals surface area contributed by atoms with E-state index in [0.717, 1.165) is 23.2 Å². The van der Waals surface area contributed by atoms with Gasteiger partial charge in [0, 0.05) is 17.9 Å². The van der Waals surface area contributed by atoms with Crippen LogP contribution in [0.5, 0.6) is 0 Å². The highest BCUT2D eigenvalue weighted by atomic mass is 79.9. The normalized spacial score (nSPS) is 23.3.